The molecule has 15 nitrogen and oxygen atoms in total. The van der Waals surface area contributed by atoms with Crippen LogP contribution in [0.15, 0.2) is 67.3 Å². The molecule has 3 aromatic rings. The van der Waals surface area contributed by atoms with Gasteiger partial charge in [0.1, 0.15) is 37.3 Å². The number of halogens is 2. The Balaban J connectivity index is 1.20. The maximum atomic E-state index is 15.5. The quantitative estimate of drug-likeness (QED) is 0.0780. The molecular weight excluding hydrogens is 797 g/mol. The minimum atomic E-state index is -1.47. The molecular formula is C44H51F2N5O10. The van der Waals surface area contributed by atoms with Crippen LogP contribution in [0.25, 0.3) is 0 Å². The first-order chi connectivity index (χ1) is 29.1. The lowest BCUT2D eigenvalue weighted by molar-refractivity contribution is -0.128. The third-order valence-electron chi connectivity index (χ3n) is 10.5. The molecule has 1 heterocycles. The topological polar surface area (TPSA) is 202 Å². The van der Waals surface area contributed by atoms with E-state index in [9.17, 15) is 38.3 Å². The average molecular weight is 848 g/mol. The molecule has 5 amide bonds. The normalized spacial score (nSPS) is 17.8. The zero-order valence-corrected chi connectivity index (χ0v) is 34.4. The van der Waals surface area contributed by atoms with Gasteiger partial charge in [-0.3, -0.25) is 24.1 Å². The van der Waals surface area contributed by atoms with Crippen LogP contribution in [0.3, 0.4) is 0 Å². The highest BCUT2D eigenvalue weighted by atomic mass is 19.1. The number of Topliss-reactive ketones (excluding diaryl/α,β-unsaturated/α-hetero) is 1. The van der Waals surface area contributed by atoms with Gasteiger partial charge >= 0.3 is 12.2 Å². The molecule has 0 aromatic heterocycles. The molecule has 0 bridgehead atoms. The van der Waals surface area contributed by atoms with Crippen LogP contribution < -0.4 is 30.9 Å². The van der Waals surface area contributed by atoms with Crippen LogP contribution in [0.4, 0.5) is 35.4 Å². The summed E-state index contributed by atoms with van der Waals surface area (Å²) in [6, 6.07) is 10.7. The number of fused-ring (bicyclic) bond motifs is 2. The molecule has 5 N–H and O–H groups in total. The Kier molecular flexibility index (Phi) is 15.6. The molecule has 5 rings (SSSR count). The number of anilines is 3. The fourth-order valence-electron chi connectivity index (χ4n) is 7.18. The van der Waals surface area contributed by atoms with Gasteiger partial charge in [0.25, 0.3) is 0 Å². The van der Waals surface area contributed by atoms with Crippen LogP contribution >= 0.6 is 0 Å². The Hall–Kier alpha value is -6.36. The fraction of sp³-hybridized carbons (Fsp3) is 0.409. The fourth-order valence-corrected chi connectivity index (χ4v) is 7.18. The largest absolute Gasteiger partial charge is 0.490 e. The highest BCUT2D eigenvalue weighted by Crippen LogP contribution is 2.45. The van der Waals surface area contributed by atoms with Crippen LogP contribution in [0.1, 0.15) is 74.4 Å². The van der Waals surface area contributed by atoms with Crippen LogP contribution in [0.5, 0.6) is 5.75 Å². The monoisotopic (exact) mass is 847 g/mol. The number of nitrogens with zero attached hydrogens (tertiary/aromatic N) is 1. The first-order valence-electron chi connectivity index (χ1n) is 20.0. The predicted molar refractivity (Wildman–Crippen MR) is 221 cm³/mol. The second-order valence-electron chi connectivity index (χ2n) is 15.3. The van der Waals surface area contributed by atoms with Gasteiger partial charge in [0.15, 0.2) is 17.3 Å². The summed E-state index contributed by atoms with van der Waals surface area (Å²) in [5, 5.41) is 22.0. The number of rotatable bonds is 16. The molecule has 326 valence electrons. The van der Waals surface area contributed by atoms with Crippen LogP contribution in [-0.2, 0) is 30.5 Å². The van der Waals surface area contributed by atoms with Crippen LogP contribution in [-0.4, -0.2) is 72.3 Å². The molecule has 5 atom stereocenters. The van der Waals surface area contributed by atoms with Crippen molar-refractivity contribution in [3.8, 4) is 5.75 Å². The number of benzene rings is 3. The Morgan fingerprint density at radius 1 is 0.918 bits per heavy atom. The second kappa shape index (κ2) is 20.7. The summed E-state index contributed by atoms with van der Waals surface area (Å²) in [5.41, 5.74) is 1.48. The Morgan fingerprint density at radius 2 is 1.64 bits per heavy atom. The minimum Gasteiger partial charge on any atom is -0.490 e. The first-order valence-corrected chi connectivity index (χ1v) is 20.0. The highest BCUT2D eigenvalue weighted by Gasteiger charge is 2.47. The van der Waals surface area contributed by atoms with E-state index in [4.69, 9.17) is 14.2 Å². The lowest BCUT2D eigenvalue weighted by atomic mass is 9.88. The lowest BCUT2D eigenvalue weighted by Gasteiger charge is -2.30. The summed E-state index contributed by atoms with van der Waals surface area (Å²) >= 11 is 0. The summed E-state index contributed by atoms with van der Waals surface area (Å²) in [6.45, 7) is 9.56. The van der Waals surface area contributed by atoms with Gasteiger partial charge < -0.3 is 40.6 Å². The van der Waals surface area contributed by atoms with Crippen molar-refractivity contribution >= 4 is 52.8 Å². The third kappa shape index (κ3) is 11.7. The molecule has 3 aromatic carbocycles. The van der Waals surface area contributed by atoms with Gasteiger partial charge in [-0.15, -0.1) is 0 Å². The molecule has 1 saturated carbocycles. The van der Waals surface area contributed by atoms with Gasteiger partial charge in [-0.2, -0.15) is 0 Å². The van der Waals surface area contributed by atoms with E-state index < -0.39 is 71.6 Å². The van der Waals surface area contributed by atoms with Crippen molar-refractivity contribution in [1.82, 2.24) is 10.6 Å². The van der Waals surface area contributed by atoms with Crippen molar-refractivity contribution in [2.24, 2.45) is 17.8 Å². The van der Waals surface area contributed by atoms with Gasteiger partial charge in [-0.1, -0.05) is 45.1 Å². The van der Waals surface area contributed by atoms with Crippen LogP contribution in [0.2, 0.25) is 0 Å². The standard InChI is InChI=1S/C44H51F2N5O10/c1-6-18-60-43(57)50-38(24(2)3)41(55)47-26(5)40(54)49-28-14-12-27(13-15-28)23-61-44(58)51-35-22-36(34(46)21-32(35)39(53)30-9-7-10-31(30)42(51)56)59-19-8-11-37(52)48-29-16-17-33(45)25(4)20-29/h6,12-17,20-22,24,26,30-31,38,42,56H,1,7-11,18-19,23H2,2-5H3,(H,47,55)(H,48,52)(H,49,54)(H,50,57)/t26-,30?,31?,38-,42?/m0/s1. The van der Waals surface area contributed by atoms with Gasteiger partial charge in [0.2, 0.25) is 17.7 Å². The number of amides is 5. The number of aryl methyl sites for hydroxylation is 1. The lowest BCUT2D eigenvalue weighted by Crippen LogP contribution is -2.53. The number of aliphatic hydroxyl groups excluding tert-OH is 1. The summed E-state index contributed by atoms with van der Waals surface area (Å²) < 4.78 is 45.2. The number of hydrogen-bond donors (Lipinski definition) is 5. The molecule has 1 aliphatic heterocycles. The Bertz CT molecular complexity index is 2130. The Labute approximate surface area is 352 Å². The number of aliphatic hydroxyl groups is 1. The van der Waals surface area contributed by atoms with Gasteiger partial charge in [0, 0.05) is 41.3 Å². The molecule has 1 aliphatic carbocycles. The van der Waals surface area contributed by atoms with E-state index in [1.165, 1.54) is 37.3 Å². The number of hydrogen-bond acceptors (Lipinski definition) is 10. The number of carbonyl (C=O) groups excluding carboxylic acids is 6. The van der Waals surface area contributed by atoms with E-state index in [0.717, 1.165) is 11.0 Å². The van der Waals surface area contributed by atoms with Crippen molar-refractivity contribution in [3.63, 3.8) is 0 Å². The Morgan fingerprint density at radius 3 is 2.33 bits per heavy atom. The molecule has 0 spiro atoms. The maximum Gasteiger partial charge on any atom is 0.416 e. The van der Waals surface area contributed by atoms with E-state index in [-0.39, 0.29) is 61.5 Å². The molecule has 0 saturated heterocycles. The first kappa shape index (κ1) is 45.7. The smallest absolute Gasteiger partial charge is 0.416 e. The zero-order valence-electron chi connectivity index (χ0n) is 34.4. The van der Waals surface area contributed by atoms with Gasteiger partial charge in [0.05, 0.1) is 12.3 Å². The zero-order chi connectivity index (χ0) is 44.4. The highest BCUT2D eigenvalue weighted by molar-refractivity contribution is 6.07. The summed E-state index contributed by atoms with van der Waals surface area (Å²) in [6.07, 6.45) is -0.169. The summed E-state index contributed by atoms with van der Waals surface area (Å²) in [7, 11) is 0. The summed E-state index contributed by atoms with van der Waals surface area (Å²) in [5.74, 6) is -5.03. The predicted octanol–water partition coefficient (Wildman–Crippen LogP) is 6.53. The number of carbonyl (C=O) groups is 6. The maximum absolute atomic E-state index is 15.5. The third-order valence-corrected chi connectivity index (χ3v) is 10.5. The van der Waals surface area contributed by atoms with E-state index in [1.54, 1.807) is 45.0 Å². The van der Waals surface area contributed by atoms with E-state index >= 15 is 4.39 Å². The average Bonchev–Trinajstić information content (AvgIpc) is 3.70. The minimum absolute atomic E-state index is 0.00115. The molecule has 3 unspecified atom stereocenters. The number of alkyl carbamates (subject to hydrolysis) is 1. The van der Waals surface area contributed by atoms with E-state index in [0.29, 0.717) is 41.8 Å². The molecule has 17 heteroatoms. The van der Waals surface area contributed by atoms with Crippen molar-refractivity contribution in [1.29, 1.82) is 0 Å². The number of nitrogens with one attached hydrogen (secondary N) is 4. The van der Waals surface area contributed by atoms with E-state index in [2.05, 4.69) is 27.8 Å². The SMILES string of the molecule is C=CCOC(=O)N[C@H](C(=O)N[C@@H](C)C(=O)Nc1ccc(COC(=O)N2c3cc(OCCCC(=O)Nc4ccc(F)c(C)c4)c(F)cc3C(=O)C3CCCC3C2O)cc1)C(C)C. The van der Waals surface area contributed by atoms with Crippen molar-refractivity contribution in [3.05, 3.63) is 95.6 Å². The van der Waals surface area contributed by atoms with Crippen molar-refractivity contribution in [2.45, 2.75) is 84.7 Å². The second-order valence-corrected chi connectivity index (χ2v) is 15.3. The van der Waals surface area contributed by atoms with Crippen molar-refractivity contribution < 1.29 is 56.9 Å². The van der Waals surface area contributed by atoms with Crippen LogP contribution in [0, 0.1) is 36.3 Å². The summed E-state index contributed by atoms with van der Waals surface area (Å²) in [4.78, 5) is 78.7. The van der Waals surface area contributed by atoms with Crippen molar-refractivity contribution in [2.75, 3.05) is 28.7 Å². The number of ketones is 1. The molecule has 1 fully saturated rings. The van der Waals surface area contributed by atoms with Gasteiger partial charge in [-0.25, -0.2) is 18.4 Å². The molecule has 0 radical (unpaired) electrons. The van der Waals surface area contributed by atoms with E-state index in [1.807, 2.05) is 0 Å². The molecule has 61 heavy (non-hydrogen) atoms. The number of ether oxygens (including phenoxy) is 3. The van der Waals surface area contributed by atoms with Gasteiger partial charge in [-0.05, 0) is 86.6 Å². The molecule has 2 aliphatic rings.